The first-order valence-corrected chi connectivity index (χ1v) is 10.8. The number of aryl methyl sites for hydroxylation is 1. The molecule has 6 rings (SSSR count). The molecule has 0 saturated heterocycles. The van der Waals surface area contributed by atoms with Crippen LogP contribution in [0.4, 0.5) is 5.95 Å². The number of aliphatic hydroxyl groups is 1. The van der Waals surface area contributed by atoms with Crippen molar-refractivity contribution in [3.8, 4) is 0 Å². The first kappa shape index (κ1) is 20.0. The molecule has 7 nitrogen and oxygen atoms in total. The van der Waals surface area contributed by atoms with Gasteiger partial charge in [0.15, 0.2) is 11.5 Å². The van der Waals surface area contributed by atoms with E-state index in [1.165, 1.54) is 4.90 Å². The first-order chi connectivity index (χ1) is 16.5. The Morgan fingerprint density at radius 1 is 1.03 bits per heavy atom. The Hall–Kier alpha value is -4.65. The number of anilines is 1. The van der Waals surface area contributed by atoms with Crippen molar-refractivity contribution in [3.63, 3.8) is 0 Å². The number of hydrogen-bond donors (Lipinski definition) is 2. The number of Topliss-reactive ketones (excluding diaryl/α,β-unsaturated/α-hetero) is 1. The Bertz CT molecular complexity index is 1580. The Morgan fingerprint density at radius 2 is 1.82 bits per heavy atom. The fourth-order valence-corrected chi connectivity index (χ4v) is 4.49. The molecule has 3 heterocycles. The molecule has 0 spiro atoms. The molecular formula is C27H19N3O4. The van der Waals surface area contributed by atoms with Gasteiger partial charge in [0.25, 0.3) is 5.91 Å². The van der Waals surface area contributed by atoms with Crippen LogP contribution in [0.25, 0.3) is 22.0 Å². The molecule has 1 aliphatic rings. The number of para-hydroxylation sites is 3. The van der Waals surface area contributed by atoms with E-state index in [0.29, 0.717) is 16.7 Å². The number of nitrogens with zero attached hydrogens (tertiary/aromatic N) is 2. The van der Waals surface area contributed by atoms with Crippen LogP contribution in [-0.2, 0) is 4.79 Å². The summed E-state index contributed by atoms with van der Waals surface area (Å²) in [7, 11) is 0. The summed E-state index contributed by atoms with van der Waals surface area (Å²) in [4.78, 5) is 36.0. The smallest absolute Gasteiger partial charge is 0.296 e. The Balaban J connectivity index is 1.52. The van der Waals surface area contributed by atoms with Crippen LogP contribution in [0.1, 0.15) is 27.7 Å². The molecule has 0 bridgehead atoms. The molecular weight excluding hydrogens is 430 g/mol. The average molecular weight is 449 g/mol. The third kappa shape index (κ3) is 3.02. The van der Waals surface area contributed by atoms with E-state index in [9.17, 15) is 14.7 Å². The zero-order valence-electron chi connectivity index (χ0n) is 18.1. The Labute approximate surface area is 194 Å². The van der Waals surface area contributed by atoms with Gasteiger partial charge in [0, 0.05) is 5.39 Å². The van der Waals surface area contributed by atoms with Crippen LogP contribution in [0.5, 0.6) is 0 Å². The third-order valence-electron chi connectivity index (χ3n) is 6.07. The average Bonchev–Trinajstić information content (AvgIpc) is 3.53. The lowest BCUT2D eigenvalue weighted by Crippen LogP contribution is -2.32. The summed E-state index contributed by atoms with van der Waals surface area (Å²) in [6, 6.07) is 22.9. The molecule has 1 atom stereocenters. The van der Waals surface area contributed by atoms with Crippen molar-refractivity contribution in [1.82, 2.24) is 9.97 Å². The topological polar surface area (TPSA) is 99.4 Å². The molecule has 0 fully saturated rings. The van der Waals surface area contributed by atoms with Crippen molar-refractivity contribution < 1.29 is 19.1 Å². The minimum Gasteiger partial charge on any atom is -0.503 e. The minimum absolute atomic E-state index is 0.0462. The number of fused-ring (bicyclic) bond motifs is 2. The highest BCUT2D eigenvalue weighted by Gasteiger charge is 2.46. The van der Waals surface area contributed by atoms with Gasteiger partial charge in [-0.05, 0) is 36.8 Å². The third-order valence-corrected chi connectivity index (χ3v) is 6.07. The van der Waals surface area contributed by atoms with Gasteiger partial charge in [-0.2, -0.15) is 0 Å². The van der Waals surface area contributed by atoms with Crippen LogP contribution >= 0.6 is 0 Å². The lowest BCUT2D eigenvalue weighted by atomic mass is 9.94. The van der Waals surface area contributed by atoms with Crippen LogP contribution in [0.15, 0.2) is 94.6 Å². The number of H-pyrrole nitrogens is 1. The van der Waals surface area contributed by atoms with Gasteiger partial charge in [-0.1, -0.05) is 60.2 Å². The van der Waals surface area contributed by atoms with E-state index in [0.717, 1.165) is 16.5 Å². The maximum Gasteiger partial charge on any atom is 0.296 e. The van der Waals surface area contributed by atoms with Crippen LogP contribution in [0.3, 0.4) is 0 Å². The molecule has 166 valence electrons. The van der Waals surface area contributed by atoms with Gasteiger partial charge in [0.05, 0.1) is 22.6 Å². The van der Waals surface area contributed by atoms with E-state index in [1.807, 2.05) is 73.7 Å². The second-order valence-electron chi connectivity index (χ2n) is 8.31. The van der Waals surface area contributed by atoms with E-state index >= 15 is 0 Å². The van der Waals surface area contributed by atoms with Crippen molar-refractivity contribution in [2.75, 3.05) is 4.90 Å². The highest BCUT2D eigenvalue weighted by Crippen LogP contribution is 2.42. The van der Waals surface area contributed by atoms with Crippen LogP contribution < -0.4 is 4.90 Å². The fourth-order valence-electron chi connectivity index (χ4n) is 4.49. The number of aromatic nitrogens is 2. The van der Waals surface area contributed by atoms with Crippen molar-refractivity contribution >= 4 is 39.6 Å². The number of furan rings is 1. The van der Waals surface area contributed by atoms with Gasteiger partial charge in [-0.3, -0.25) is 14.5 Å². The summed E-state index contributed by atoms with van der Waals surface area (Å²) in [5.41, 5.74) is 3.55. The van der Waals surface area contributed by atoms with Gasteiger partial charge in [0.1, 0.15) is 5.58 Å². The van der Waals surface area contributed by atoms with Crippen molar-refractivity contribution in [2.45, 2.75) is 13.0 Å². The molecule has 34 heavy (non-hydrogen) atoms. The molecule has 2 aromatic heterocycles. The number of aliphatic hydroxyl groups excluding tert-OH is 1. The number of hydrogen-bond acceptors (Lipinski definition) is 5. The largest absolute Gasteiger partial charge is 0.503 e. The minimum atomic E-state index is -0.881. The lowest BCUT2D eigenvalue weighted by Gasteiger charge is -2.24. The fraction of sp³-hybridized carbons (Fsp3) is 0.0741. The molecule has 0 radical (unpaired) electrons. The summed E-state index contributed by atoms with van der Waals surface area (Å²) >= 11 is 0. The Morgan fingerprint density at radius 3 is 2.62 bits per heavy atom. The summed E-state index contributed by atoms with van der Waals surface area (Å²) in [6.45, 7) is 1.93. The molecule has 5 aromatic rings. The summed E-state index contributed by atoms with van der Waals surface area (Å²) in [6.07, 6.45) is 0. The van der Waals surface area contributed by atoms with Gasteiger partial charge >= 0.3 is 0 Å². The van der Waals surface area contributed by atoms with E-state index in [2.05, 4.69) is 9.97 Å². The van der Waals surface area contributed by atoms with Crippen molar-refractivity contribution in [2.24, 2.45) is 0 Å². The molecule has 1 unspecified atom stereocenters. The number of imidazole rings is 1. The number of aromatic amines is 1. The maximum atomic E-state index is 13.7. The first-order valence-electron chi connectivity index (χ1n) is 10.8. The van der Waals surface area contributed by atoms with E-state index < -0.39 is 23.5 Å². The monoisotopic (exact) mass is 449 g/mol. The number of carbonyl (C=O) groups excluding carboxylic acids is 2. The number of nitrogens with one attached hydrogen (secondary N) is 1. The number of ketones is 1. The zero-order valence-corrected chi connectivity index (χ0v) is 18.1. The van der Waals surface area contributed by atoms with Crippen molar-refractivity contribution in [3.05, 3.63) is 107 Å². The molecule has 1 aliphatic heterocycles. The van der Waals surface area contributed by atoms with E-state index in [-0.39, 0.29) is 17.3 Å². The SMILES string of the molecule is Cc1cccc(C2C(C(=O)c3cc4ccccc4o3)=C(O)C(=O)N2c2nc3ccccc3[nH]2)c1. The van der Waals surface area contributed by atoms with E-state index in [1.54, 1.807) is 12.1 Å². The second-order valence-corrected chi connectivity index (χ2v) is 8.31. The molecule has 7 heteroatoms. The summed E-state index contributed by atoms with van der Waals surface area (Å²) in [5.74, 6) is -1.56. The predicted molar refractivity (Wildman–Crippen MR) is 128 cm³/mol. The normalized spacial score (nSPS) is 16.2. The summed E-state index contributed by atoms with van der Waals surface area (Å²) < 4.78 is 5.77. The molecule has 1 amide bonds. The zero-order chi connectivity index (χ0) is 23.4. The highest BCUT2D eigenvalue weighted by molar-refractivity contribution is 6.20. The summed E-state index contributed by atoms with van der Waals surface area (Å²) in [5, 5.41) is 11.7. The number of amides is 1. The molecule has 0 saturated carbocycles. The van der Waals surface area contributed by atoms with Gasteiger partial charge in [0.2, 0.25) is 11.7 Å². The maximum absolute atomic E-state index is 13.7. The standard InChI is InChI=1S/C27H19N3O4/c1-15-7-6-9-17(13-15)23-22(24(31)21-14-16-8-2-5-12-20(16)34-21)25(32)26(33)30(23)27-28-18-10-3-4-11-19(18)29-27/h2-14,23,32H,1H3,(H,28,29). The molecule has 2 N–H and O–H groups in total. The number of benzene rings is 3. The Kier molecular flexibility index (Phi) is 4.38. The molecule has 3 aromatic carbocycles. The van der Waals surface area contributed by atoms with Crippen LogP contribution in [0.2, 0.25) is 0 Å². The number of carbonyl (C=O) groups is 2. The predicted octanol–water partition coefficient (Wildman–Crippen LogP) is 5.40. The van der Waals surface area contributed by atoms with Crippen LogP contribution in [-0.4, -0.2) is 26.8 Å². The lowest BCUT2D eigenvalue weighted by molar-refractivity contribution is -0.117. The highest BCUT2D eigenvalue weighted by atomic mass is 16.3. The van der Waals surface area contributed by atoms with Crippen LogP contribution in [0, 0.1) is 6.92 Å². The molecule has 0 aliphatic carbocycles. The van der Waals surface area contributed by atoms with Crippen molar-refractivity contribution in [1.29, 1.82) is 0 Å². The number of rotatable bonds is 4. The second kappa shape index (κ2) is 7.45. The van der Waals surface area contributed by atoms with Gasteiger partial charge < -0.3 is 14.5 Å². The van der Waals surface area contributed by atoms with E-state index in [4.69, 9.17) is 4.42 Å². The van der Waals surface area contributed by atoms with Gasteiger partial charge in [-0.15, -0.1) is 0 Å². The quantitative estimate of drug-likeness (QED) is 0.358. The van der Waals surface area contributed by atoms with Gasteiger partial charge in [-0.25, -0.2) is 4.98 Å².